The molecule has 2 rings (SSSR count). The molecule has 1 aromatic carbocycles. The zero-order chi connectivity index (χ0) is 12.4. The molecule has 3 N–H and O–H groups in total. The Morgan fingerprint density at radius 3 is 2.29 bits per heavy atom. The van der Waals surface area contributed by atoms with Gasteiger partial charge in [0.15, 0.2) is 17.5 Å². The number of benzene rings is 1. The molecule has 0 bridgehead atoms. The second-order valence-corrected chi connectivity index (χ2v) is 4.54. The van der Waals surface area contributed by atoms with Crippen molar-refractivity contribution in [1.82, 2.24) is 5.43 Å². The van der Waals surface area contributed by atoms with E-state index in [4.69, 9.17) is 5.84 Å². The van der Waals surface area contributed by atoms with Crippen LogP contribution in [0.3, 0.4) is 0 Å². The Bertz CT molecular complexity index is 382. The molecule has 0 spiro atoms. The minimum absolute atomic E-state index is 0.333. The quantitative estimate of drug-likeness (QED) is 0.475. The highest BCUT2D eigenvalue weighted by Gasteiger charge is 2.23. The summed E-state index contributed by atoms with van der Waals surface area (Å²) in [5.74, 6) is 2.28. The van der Waals surface area contributed by atoms with Crippen LogP contribution in [0, 0.1) is 23.4 Å². The largest absolute Gasteiger partial charge is 0.271 e. The molecule has 0 amide bonds. The normalized spacial score (nSPS) is 17.2. The summed E-state index contributed by atoms with van der Waals surface area (Å²) in [6.07, 6.45) is 4.09. The second kappa shape index (κ2) is 5.06. The molecule has 0 saturated heterocycles. The monoisotopic (exact) mass is 244 g/mol. The molecular formula is C12H15F3N2. The van der Waals surface area contributed by atoms with Crippen LogP contribution in [0.1, 0.15) is 37.3 Å². The van der Waals surface area contributed by atoms with Gasteiger partial charge in [-0.15, -0.1) is 0 Å². The first kappa shape index (κ1) is 12.4. The van der Waals surface area contributed by atoms with Crippen LogP contribution in [0.25, 0.3) is 0 Å². The Labute approximate surface area is 98.0 Å². The van der Waals surface area contributed by atoms with E-state index in [0.29, 0.717) is 17.9 Å². The lowest BCUT2D eigenvalue weighted by atomic mass is 10.0. The third-order valence-corrected chi connectivity index (χ3v) is 3.17. The maximum absolute atomic E-state index is 13.1. The third kappa shape index (κ3) is 2.98. The number of rotatable bonds is 5. The van der Waals surface area contributed by atoms with Crippen LogP contribution in [-0.4, -0.2) is 0 Å². The summed E-state index contributed by atoms with van der Waals surface area (Å²) >= 11 is 0. The number of halogens is 3. The molecule has 0 radical (unpaired) electrons. The number of hydrogen-bond acceptors (Lipinski definition) is 2. The molecule has 1 fully saturated rings. The van der Waals surface area contributed by atoms with Crippen molar-refractivity contribution in [3.8, 4) is 0 Å². The van der Waals surface area contributed by atoms with Gasteiger partial charge in [-0.2, -0.15) is 0 Å². The van der Waals surface area contributed by atoms with Crippen molar-refractivity contribution in [1.29, 1.82) is 0 Å². The first-order chi connectivity index (χ1) is 8.11. The molecule has 1 aromatic rings. The zero-order valence-electron chi connectivity index (χ0n) is 9.35. The Morgan fingerprint density at radius 1 is 1.24 bits per heavy atom. The molecule has 1 saturated carbocycles. The van der Waals surface area contributed by atoms with Gasteiger partial charge in [-0.05, 0) is 36.5 Å². The molecule has 2 nitrogen and oxygen atoms in total. The fraction of sp³-hybridized carbons (Fsp3) is 0.500. The Kier molecular flexibility index (Phi) is 3.69. The topological polar surface area (TPSA) is 38.0 Å². The van der Waals surface area contributed by atoms with Crippen molar-refractivity contribution >= 4 is 0 Å². The summed E-state index contributed by atoms with van der Waals surface area (Å²) in [6.45, 7) is 0. The van der Waals surface area contributed by atoms with Gasteiger partial charge in [0, 0.05) is 6.04 Å². The van der Waals surface area contributed by atoms with Crippen LogP contribution >= 0.6 is 0 Å². The molecule has 17 heavy (non-hydrogen) atoms. The van der Waals surface area contributed by atoms with E-state index in [1.165, 1.54) is 12.8 Å². The minimum Gasteiger partial charge on any atom is -0.271 e. The minimum atomic E-state index is -1.44. The van der Waals surface area contributed by atoms with Crippen molar-refractivity contribution in [2.45, 2.75) is 31.7 Å². The summed E-state index contributed by atoms with van der Waals surface area (Å²) < 4.78 is 38.9. The van der Waals surface area contributed by atoms with Crippen LogP contribution in [0.5, 0.6) is 0 Å². The van der Waals surface area contributed by atoms with E-state index in [1.54, 1.807) is 0 Å². The molecule has 94 valence electrons. The van der Waals surface area contributed by atoms with Gasteiger partial charge in [0.25, 0.3) is 0 Å². The SMILES string of the molecule is NNC(CCC1CC1)c1cc(F)c(F)c(F)c1. The average Bonchev–Trinajstić information content (AvgIpc) is 3.10. The lowest BCUT2D eigenvalue weighted by Gasteiger charge is -2.16. The van der Waals surface area contributed by atoms with Crippen LogP contribution in [0.15, 0.2) is 12.1 Å². The first-order valence-corrected chi connectivity index (χ1v) is 5.72. The first-order valence-electron chi connectivity index (χ1n) is 5.72. The summed E-state index contributed by atoms with van der Waals surface area (Å²) in [5, 5.41) is 0. The number of hydrogen-bond donors (Lipinski definition) is 2. The van der Waals surface area contributed by atoms with Crippen LogP contribution in [-0.2, 0) is 0 Å². The summed E-state index contributed by atoms with van der Waals surface area (Å²) in [6, 6.07) is 1.66. The van der Waals surface area contributed by atoms with E-state index >= 15 is 0 Å². The lowest BCUT2D eigenvalue weighted by molar-refractivity contribution is 0.433. The predicted molar refractivity (Wildman–Crippen MR) is 58.3 cm³/mol. The van der Waals surface area contributed by atoms with Crippen molar-refractivity contribution in [3.63, 3.8) is 0 Å². The predicted octanol–water partition coefficient (Wildman–Crippen LogP) is 2.80. The Balaban J connectivity index is 2.11. The molecule has 1 atom stereocenters. The Morgan fingerprint density at radius 2 is 1.82 bits per heavy atom. The third-order valence-electron chi connectivity index (χ3n) is 3.17. The van der Waals surface area contributed by atoms with Gasteiger partial charge in [0.05, 0.1) is 0 Å². The smallest absolute Gasteiger partial charge is 0.194 e. The van der Waals surface area contributed by atoms with Crippen LogP contribution in [0.4, 0.5) is 13.2 Å². The molecule has 1 unspecified atom stereocenters. The number of nitrogens with one attached hydrogen (secondary N) is 1. The van der Waals surface area contributed by atoms with E-state index in [1.807, 2.05) is 0 Å². The highest BCUT2D eigenvalue weighted by atomic mass is 19.2. The standard InChI is InChI=1S/C12H15F3N2/c13-9-5-8(6-10(14)12(9)15)11(17-16)4-3-7-1-2-7/h5-7,11,17H,1-4,16H2. The number of nitrogens with two attached hydrogens (primary N) is 1. The zero-order valence-corrected chi connectivity index (χ0v) is 9.35. The highest BCUT2D eigenvalue weighted by molar-refractivity contribution is 5.22. The van der Waals surface area contributed by atoms with Crippen molar-refractivity contribution in [2.24, 2.45) is 11.8 Å². The van der Waals surface area contributed by atoms with E-state index in [-0.39, 0.29) is 6.04 Å². The lowest BCUT2D eigenvalue weighted by Crippen LogP contribution is -2.28. The molecule has 5 heteroatoms. The summed E-state index contributed by atoms with van der Waals surface area (Å²) in [7, 11) is 0. The van der Waals surface area contributed by atoms with Crippen molar-refractivity contribution in [3.05, 3.63) is 35.1 Å². The molecular weight excluding hydrogens is 229 g/mol. The molecule has 1 aliphatic rings. The van der Waals surface area contributed by atoms with Gasteiger partial charge in [0.1, 0.15) is 0 Å². The van der Waals surface area contributed by atoms with Crippen molar-refractivity contribution in [2.75, 3.05) is 0 Å². The van der Waals surface area contributed by atoms with E-state index in [0.717, 1.165) is 18.6 Å². The van der Waals surface area contributed by atoms with E-state index in [9.17, 15) is 13.2 Å². The molecule has 0 heterocycles. The second-order valence-electron chi connectivity index (χ2n) is 4.54. The summed E-state index contributed by atoms with van der Waals surface area (Å²) in [5.41, 5.74) is 2.87. The van der Waals surface area contributed by atoms with Gasteiger partial charge in [-0.3, -0.25) is 11.3 Å². The Hall–Kier alpha value is -1.07. The number of hydrazine groups is 1. The maximum Gasteiger partial charge on any atom is 0.194 e. The molecule has 0 aromatic heterocycles. The van der Waals surface area contributed by atoms with Gasteiger partial charge in [-0.25, -0.2) is 13.2 Å². The molecule has 0 aliphatic heterocycles. The molecule has 1 aliphatic carbocycles. The highest BCUT2D eigenvalue weighted by Crippen LogP contribution is 2.36. The van der Waals surface area contributed by atoms with Crippen LogP contribution in [0.2, 0.25) is 0 Å². The fourth-order valence-corrected chi connectivity index (χ4v) is 1.93. The summed E-state index contributed by atoms with van der Waals surface area (Å²) in [4.78, 5) is 0. The van der Waals surface area contributed by atoms with Gasteiger partial charge in [0.2, 0.25) is 0 Å². The van der Waals surface area contributed by atoms with Gasteiger partial charge >= 0.3 is 0 Å². The maximum atomic E-state index is 13.1. The van der Waals surface area contributed by atoms with Gasteiger partial charge < -0.3 is 0 Å². The van der Waals surface area contributed by atoms with Crippen LogP contribution < -0.4 is 11.3 Å². The fourth-order valence-electron chi connectivity index (χ4n) is 1.93. The van der Waals surface area contributed by atoms with E-state index < -0.39 is 17.5 Å². The van der Waals surface area contributed by atoms with Gasteiger partial charge in [-0.1, -0.05) is 12.8 Å². The average molecular weight is 244 g/mol. The van der Waals surface area contributed by atoms with E-state index in [2.05, 4.69) is 5.43 Å². The van der Waals surface area contributed by atoms with Crippen molar-refractivity contribution < 1.29 is 13.2 Å².